The minimum Gasteiger partial charge on any atom is -0.484 e. The fourth-order valence-corrected chi connectivity index (χ4v) is 4.31. The standard InChI is InChI=1S/C24H28BrClN2O3/c1-16-12-21(10-11-22(16)26)31-15-23(29)28(14-18-6-5-7-19(25)13-18)17(2)24(30)27-20-8-3-4-9-20/h5-7,10-13,17,20H,3-4,8-9,14-15H2,1-2H3,(H,27,30)/t17-/m0/s1. The highest BCUT2D eigenvalue weighted by Gasteiger charge is 2.28. The molecule has 31 heavy (non-hydrogen) atoms. The first kappa shape index (κ1) is 23.6. The zero-order valence-corrected chi connectivity index (χ0v) is 20.2. The Bertz CT molecular complexity index is 931. The predicted octanol–water partition coefficient (Wildman–Crippen LogP) is 5.27. The van der Waals surface area contributed by atoms with Gasteiger partial charge in [-0.25, -0.2) is 0 Å². The number of ether oxygens (including phenoxy) is 1. The number of nitrogens with zero attached hydrogens (tertiary/aromatic N) is 1. The van der Waals surface area contributed by atoms with Gasteiger partial charge in [0.1, 0.15) is 11.8 Å². The van der Waals surface area contributed by atoms with Gasteiger partial charge in [0.25, 0.3) is 5.91 Å². The van der Waals surface area contributed by atoms with Crippen LogP contribution in [0.5, 0.6) is 5.75 Å². The summed E-state index contributed by atoms with van der Waals surface area (Å²) >= 11 is 9.53. The Morgan fingerprint density at radius 2 is 1.97 bits per heavy atom. The molecule has 0 heterocycles. The first-order valence-electron chi connectivity index (χ1n) is 10.6. The second kappa shape index (κ2) is 11.0. The van der Waals surface area contributed by atoms with Crippen LogP contribution in [0.25, 0.3) is 0 Å². The number of nitrogens with one attached hydrogen (secondary N) is 1. The summed E-state index contributed by atoms with van der Waals surface area (Å²) in [6.45, 7) is 3.81. The number of hydrogen-bond acceptors (Lipinski definition) is 3. The molecule has 1 N–H and O–H groups in total. The van der Waals surface area contributed by atoms with Crippen molar-refractivity contribution in [1.29, 1.82) is 0 Å². The molecule has 0 aliphatic heterocycles. The van der Waals surface area contributed by atoms with E-state index in [-0.39, 0.29) is 24.5 Å². The van der Waals surface area contributed by atoms with Crippen molar-refractivity contribution in [3.63, 3.8) is 0 Å². The molecular weight excluding hydrogens is 480 g/mol. The molecule has 1 saturated carbocycles. The quantitative estimate of drug-likeness (QED) is 0.530. The van der Waals surface area contributed by atoms with E-state index < -0.39 is 6.04 Å². The van der Waals surface area contributed by atoms with Gasteiger partial charge in [0.05, 0.1) is 0 Å². The van der Waals surface area contributed by atoms with Gasteiger partial charge in [0.15, 0.2) is 6.61 Å². The van der Waals surface area contributed by atoms with Crippen LogP contribution in [-0.2, 0) is 16.1 Å². The van der Waals surface area contributed by atoms with Crippen molar-refractivity contribution in [1.82, 2.24) is 10.2 Å². The summed E-state index contributed by atoms with van der Waals surface area (Å²) in [7, 11) is 0. The molecule has 0 radical (unpaired) electrons. The van der Waals surface area contributed by atoms with E-state index in [0.717, 1.165) is 41.3 Å². The Morgan fingerprint density at radius 1 is 1.23 bits per heavy atom. The van der Waals surface area contributed by atoms with Crippen LogP contribution in [0.2, 0.25) is 5.02 Å². The smallest absolute Gasteiger partial charge is 0.261 e. The van der Waals surface area contributed by atoms with Crippen molar-refractivity contribution in [2.45, 2.75) is 58.2 Å². The first-order chi connectivity index (χ1) is 14.8. The Kier molecular flexibility index (Phi) is 8.38. The van der Waals surface area contributed by atoms with E-state index in [1.807, 2.05) is 31.2 Å². The summed E-state index contributed by atoms with van der Waals surface area (Å²) in [6.07, 6.45) is 4.26. The number of aryl methyl sites for hydroxylation is 1. The highest BCUT2D eigenvalue weighted by atomic mass is 79.9. The van der Waals surface area contributed by atoms with Gasteiger partial charge in [-0.1, -0.05) is 52.5 Å². The lowest BCUT2D eigenvalue weighted by molar-refractivity contribution is -0.142. The molecule has 2 aromatic rings. The Morgan fingerprint density at radius 3 is 2.65 bits per heavy atom. The third-order valence-corrected chi connectivity index (χ3v) is 6.52. The number of carbonyl (C=O) groups excluding carboxylic acids is 2. The van der Waals surface area contributed by atoms with E-state index in [4.69, 9.17) is 16.3 Å². The number of halogens is 2. The van der Waals surface area contributed by atoms with Crippen molar-refractivity contribution in [2.75, 3.05) is 6.61 Å². The molecule has 5 nitrogen and oxygen atoms in total. The zero-order valence-electron chi connectivity index (χ0n) is 17.9. The van der Waals surface area contributed by atoms with E-state index in [0.29, 0.717) is 17.3 Å². The maximum absolute atomic E-state index is 13.1. The molecule has 1 aliphatic carbocycles. The van der Waals surface area contributed by atoms with Gasteiger partial charge in [0, 0.05) is 22.1 Å². The molecule has 0 bridgehead atoms. The summed E-state index contributed by atoms with van der Waals surface area (Å²) in [4.78, 5) is 27.6. The fourth-order valence-electron chi connectivity index (χ4n) is 3.74. The summed E-state index contributed by atoms with van der Waals surface area (Å²) in [5.41, 5.74) is 1.81. The van der Waals surface area contributed by atoms with Crippen molar-refractivity contribution in [3.05, 3.63) is 63.1 Å². The molecule has 1 aliphatic rings. The lowest BCUT2D eigenvalue weighted by atomic mass is 10.1. The van der Waals surface area contributed by atoms with Crippen LogP contribution < -0.4 is 10.1 Å². The average molecular weight is 508 g/mol. The maximum atomic E-state index is 13.1. The maximum Gasteiger partial charge on any atom is 0.261 e. The highest BCUT2D eigenvalue weighted by Crippen LogP contribution is 2.22. The van der Waals surface area contributed by atoms with Gasteiger partial charge in [-0.3, -0.25) is 9.59 Å². The summed E-state index contributed by atoms with van der Waals surface area (Å²) in [5, 5.41) is 3.75. The van der Waals surface area contributed by atoms with Crippen LogP contribution in [0.4, 0.5) is 0 Å². The van der Waals surface area contributed by atoms with E-state index in [9.17, 15) is 9.59 Å². The predicted molar refractivity (Wildman–Crippen MR) is 126 cm³/mol. The van der Waals surface area contributed by atoms with E-state index in [1.54, 1.807) is 30.0 Å². The zero-order chi connectivity index (χ0) is 22.4. The Hall–Kier alpha value is -2.05. The van der Waals surface area contributed by atoms with Gasteiger partial charge in [-0.05, 0) is 68.1 Å². The van der Waals surface area contributed by atoms with E-state index in [2.05, 4.69) is 21.2 Å². The molecule has 2 amide bonds. The third-order valence-electron chi connectivity index (χ3n) is 5.60. The normalized spacial score (nSPS) is 14.8. The van der Waals surface area contributed by atoms with E-state index >= 15 is 0 Å². The summed E-state index contributed by atoms with van der Waals surface area (Å²) in [6, 6.07) is 12.6. The van der Waals surface area contributed by atoms with Gasteiger partial charge >= 0.3 is 0 Å². The molecule has 1 atom stereocenters. The molecule has 3 rings (SSSR count). The minimum atomic E-state index is -0.609. The topological polar surface area (TPSA) is 58.6 Å². The van der Waals surface area contributed by atoms with Crippen molar-refractivity contribution in [2.24, 2.45) is 0 Å². The molecule has 2 aromatic carbocycles. The van der Waals surface area contributed by atoms with Gasteiger partial charge < -0.3 is 15.0 Å². The number of benzene rings is 2. The lowest BCUT2D eigenvalue weighted by Crippen LogP contribution is -2.50. The molecule has 0 unspecified atom stereocenters. The van der Waals surface area contributed by atoms with Gasteiger partial charge in [0.2, 0.25) is 5.91 Å². The molecule has 1 fully saturated rings. The molecule has 166 valence electrons. The van der Waals surface area contributed by atoms with E-state index in [1.165, 1.54) is 0 Å². The van der Waals surface area contributed by atoms with Gasteiger partial charge in [-0.2, -0.15) is 0 Å². The summed E-state index contributed by atoms with van der Waals surface area (Å²) < 4.78 is 6.64. The largest absolute Gasteiger partial charge is 0.484 e. The van der Waals surface area contributed by atoms with Crippen molar-refractivity contribution < 1.29 is 14.3 Å². The number of rotatable bonds is 8. The SMILES string of the molecule is Cc1cc(OCC(=O)N(Cc2cccc(Br)c2)[C@@H](C)C(=O)NC2CCCC2)ccc1Cl. The molecular formula is C24H28BrClN2O3. The Labute approximate surface area is 197 Å². The second-order valence-electron chi connectivity index (χ2n) is 8.02. The average Bonchev–Trinajstić information content (AvgIpc) is 3.25. The lowest BCUT2D eigenvalue weighted by Gasteiger charge is -2.29. The van der Waals surface area contributed by atoms with Crippen molar-refractivity contribution >= 4 is 39.3 Å². The van der Waals surface area contributed by atoms with Crippen LogP contribution in [0.1, 0.15) is 43.7 Å². The van der Waals surface area contributed by atoms with Crippen LogP contribution in [0.15, 0.2) is 46.9 Å². The molecule has 0 aromatic heterocycles. The molecule has 0 spiro atoms. The van der Waals surface area contributed by atoms with Crippen molar-refractivity contribution in [3.8, 4) is 5.75 Å². The molecule has 7 heteroatoms. The number of carbonyl (C=O) groups is 2. The summed E-state index contributed by atoms with van der Waals surface area (Å²) in [5.74, 6) is 0.194. The van der Waals surface area contributed by atoms with Crippen LogP contribution >= 0.6 is 27.5 Å². The number of amides is 2. The van der Waals surface area contributed by atoms with Crippen LogP contribution in [0.3, 0.4) is 0 Å². The molecule has 0 saturated heterocycles. The Balaban J connectivity index is 1.72. The third kappa shape index (κ3) is 6.71. The first-order valence-corrected chi connectivity index (χ1v) is 11.7. The second-order valence-corrected chi connectivity index (χ2v) is 9.34. The van der Waals surface area contributed by atoms with Crippen LogP contribution in [0, 0.1) is 6.92 Å². The monoisotopic (exact) mass is 506 g/mol. The minimum absolute atomic E-state index is 0.127. The number of hydrogen-bond donors (Lipinski definition) is 1. The van der Waals surface area contributed by atoms with Gasteiger partial charge in [-0.15, -0.1) is 0 Å². The van der Waals surface area contributed by atoms with Crippen LogP contribution in [-0.4, -0.2) is 35.4 Å². The highest BCUT2D eigenvalue weighted by molar-refractivity contribution is 9.10. The fraction of sp³-hybridized carbons (Fsp3) is 0.417.